The van der Waals surface area contributed by atoms with Crippen LogP contribution in [-0.2, 0) is 21.7 Å². The zero-order valence-electron chi connectivity index (χ0n) is 36.1. The monoisotopic (exact) mass is 820 g/mol. The molecule has 0 saturated heterocycles. The summed E-state index contributed by atoms with van der Waals surface area (Å²) in [4.78, 5) is 5.76. The van der Waals surface area contributed by atoms with E-state index < -0.39 is 15.5 Å². The minimum absolute atomic E-state index is 0.0969. The molecule has 58 heavy (non-hydrogen) atoms. The first kappa shape index (κ1) is 38.9. The number of hydrogen-bond acceptors (Lipinski definition) is 8. The third-order valence-electron chi connectivity index (χ3n) is 11.5. The Labute approximate surface area is 342 Å². The van der Waals surface area contributed by atoms with Gasteiger partial charge in [0.25, 0.3) is 0 Å². The molecule has 1 unspecified atom stereocenters. The summed E-state index contributed by atoms with van der Waals surface area (Å²) in [5.74, 6) is 1.13. The van der Waals surface area contributed by atoms with Crippen molar-refractivity contribution in [2.24, 2.45) is 0 Å². The van der Waals surface area contributed by atoms with E-state index >= 15 is 0 Å². The Morgan fingerprint density at radius 1 is 0.466 bits per heavy atom. The molecule has 9 rings (SSSR count). The van der Waals surface area contributed by atoms with E-state index in [1.54, 1.807) is 0 Å². The quantitative estimate of drug-likeness (QED) is 0.128. The fourth-order valence-corrected chi connectivity index (χ4v) is 13.2. The van der Waals surface area contributed by atoms with Crippen LogP contribution >= 0.6 is 15.5 Å². The fourth-order valence-electron chi connectivity index (χ4n) is 8.70. The summed E-state index contributed by atoms with van der Waals surface area (Å²) in [6.07, 6.45) is 0. The third kappa shape index (κ3) is 5.69. The van der Waals surface area contributed by atoms with Crippen molar-refractivity contribution >= 4 is 37.3 Å². The zero-order chi connectivity index (χ0) is 41.6. The Hall–Kier alpha value is -4.61. The first-order valence-corrected chi connectivity index (χ1v) is 23.1. The van der Waals surface area contributed by atoms with Crippen LogP contribution < -0.4 is 33.7 Å². The number of aryl methyl sites for hydroxylation is 2. The second-order valence-electron chi connectivity index (χ2n) is 20.3. The molecule has 10 heteroatoms. The van der Waals surface area contributed by atoms with Gasteiger partial charge in [-0.25, -0.2) is 0 Å². The molecule has 0 fully saturated rings. The number of hydrogen-bond donors (Lipinski definition) is 0. The molecule has 1 atom stereocenters. The van der Waals surface area contributed by atoms with Gasteiger partial charge in [0.15, 0.2) is 0 Å². The van der Waals surface area contributed by atoms with Crippen LogP contribution in [0.4, 0.5) is 0 Å². The average Bonchev–Trinajstić information content (AvgIpc) is 3.34. The molecule has 304 valence electrons. The molecule has 0 aliphatic carbocycles. The van der Waals surface area contributed by atoms with Crippen LogP contribution in [0.1, 0.15) is 116 Å². The van der Waals surface area contributed by atoms with Gasteiger partial charge in [-0.1, -0.05) is 0 Å². The number of benzene rings is 5. The van der Waals surface area contributed by atoms with Crippen molar-refractivity contribution in [2.75, 3.05) is 0 Å². The van der Waals surface area contributed by atoms with Gasteiger partial charge in [0.1, 0.15) is 0 Å². The molecule has 0 saturated carbocycles. The van der Waals surface area contributed by atoms with Crippen LogP contribution in [-0.4, -0.2) is 0 Å². The van der Waals surface area contributed by atoms with E-state index in [0.29, 0.717) is 17.1 Å². The van der Waals surface area contributed by atoms with Crippen molar-refractivity contribution in [2.45, 2.75) is 119 Å². The van der Waals surface area contributed by atoms with Gasteiger partial charge in [0.05, 0.1) is 0 Å². The summed E-state index contributed by atoms with van der Waals surface area (Å²) in [7, 11) is -6.58. The standard InChI is InChI=1S/C48H54O8P2/c1-27-23-33(45(3,4)5)37(34(24-27)46(6,7)8)29-15-19-31(20-16-29)58(52-42-40-44(54-58)43(53-58)39-41(42)51-57(55-49-39)56-50-40)32-21-17-30(18-22-32)38-35(47(9,10)11)25-28(2)26-36(38)48(12,13)14/h15-26H,1-14H3. The third-order valence-corrected chi connectivity index (χ3v) is 16.2. The Balaban J connectivity index is 1.28. The summed E-state index contributed by atoms with van der Waals surface area (Å²) in [5, 5.41) is 1.47. The van der Waals surface area contributed by atoms with Gasteiger partial charge in [-0.2, -0.15) is 0 Å². The van der Waals surface area contributed by atoms with Gasteiger partial charge in [-0.05, 0) is 0 Å². The molecule has 0 radical (unpaired) electrons. The molecule has 5 aromatic carbocycles. The molecule has 0 spiro atoms. The van der Waals surface area contributed by atoms with Crippen molar-refractivity contribution in [1.29, 1.82) is 0 Å². The SMILES string of the molecule is Cc1cc(C(C)(C)C)c(-c2ccc(P34(c5ccc(-c6c(C(C)(C)C)cc(C)cc6C(C)(C)C)cc5)Oc5c6c(c7op(ooc7c5O3)OO6)O4)cc2)c(C(C)(C)C)c1. The molecular weight excluding hydrogens is 766 g/mol. The van der Waals surface area contributed by atoms with E-state index in [0.717, 1.165) is 21.7 Å². The van der Waals surface area contributed by atoms with Crippen molar-refractivity contribution in [3.05, 3.63) is 106 Å². The summed E-state index contributed by atoms with van der Waals surface area (Å²) in [5.41, 5.74) is 12.5. The van der Waals surface area contributed by atoms with Crippen molar-refractivity contribution in [3.63, 3.8) is 0 Å². The summed E-state index contributed by atoms with van der Waals surface area (Å²) < 4.78 is 44.4. The maximum absolute atomic E-state index is 7.26. The molecule has 1 aromatic heterocycles. The summed E-state index contributed by atoms with van der Waals surface area (Å²) in [6.45, 7) is 31.7. The van der Waals surface area contributed by atoms with E-state index in [9.17, 15) is 0 Å². The molecule has 6 bridgehead atoms. The minimum atomic E-state index is -4.59. The van der Waals surface area contributed by atoms with E-state index in [4.69, 9.17) is 36.3 Å². The fraction of sp³-hybridized carbons (Fsp3) is 0.375. The molecular formula is C48H54O8P2. The Bertz CT molecular complexity index is 2510. The molecule has 0 amide bonds. The van der Waals surface area contributed by atoms with Crippen molar-refractivity contribution < 1.29 is 36.3 Å². The predicted octanol–water partition coefficient (Wildman–Crippen LogP) is 13.7. The van der Waals surface area contributed by atoms with E-state index in [1.165, 1.54) is 44.5 Å². The molecule has 4 heterocycles. The molecule has 3 aliphatic heterocycles. The summed E-state index contributed by atoms with van der Waals surface area (Å²) >= 11 is 0. The van der Waals surface area contributed by atoms with Crippen LogP contribution in [0, 0.1) is 13.8 Å². The van der Waals surface area contributed by atoms with Crippen LogP contribution in [0.5, 0.6) is 23.0 Å². The first-order chi connectivity index (χ1) is 27.0. The molecule has 8 nitrogen and oxygen atoms in total. The molecule has 0 N–H and O–H groups in total. The average molecular weight is 821 g/mol. The second kappa shape index (κ2) is 12.2. The van der Waals surface area contributed by atoms with E-state index in [-0.39, 0.29) is 38.7 Å². The predicted molar refractivity (Wildman–Crippen MR) is 234 cm³/mol. The normalized spacial score (nSPS) is 17.3. The summed E-state index contributed by atoms with van der Waals surface area (Å²) in [6, 6.07) is 26.3. The molecule has 3 aliphatic rings. The van der Waals surface area contributed by atoms with Gasteiger partial charge in [0.2, 0.25) is 0 Å². The zero-order valence-corrected chi connectivity index (χ0v) is 37.9. The van der Waals surface area contributed by atoms with Gasteiger partial charge < -0.3 is 0 Å². The van der Waals surface area contributed by atoms with Crippen molar-refractivity contribution in [1.82, 2.24) is 0 Å². The van der Waals surface area contributed by atoms with Gasteiger partial charge in [0, 0.05) is 0 Å². The Kier molecular flexibility index (Phi) is 8.19. The Morgan fingerprint density at radius 2 is 0.845 bits per heavy atom. The van der Waals surface area contributed by atoms with Crippen LogP contribution in [0.3, 0.4) is 0 Å². The van der Waals surface area contributed by atoms with Gasteiger partial charge in [-0.15, -0.1) is 0 Å². The van der Waals surface area contributed by atoms with Gasteiger partial charge >= 0.3 is 344 Å². The number of fused-ring (bicyclic) bond motifs is 3. The van der Waals surface area contributed by atoms with Gasteiger partial charge in [-0.3, -0.25) is 0 Å². The van der Waals surface area contributed by atoms with Crippen LogP contribution in [0.15, 0.2) is 85.9 Å². The molecule has 6 aromatic rings. The van der Waals surface area contributed by atoms with E-state index in [1.807, 2.05) is 0 Å². The number of rotatable bonds is 4. The van der Waals surface area contributed by atoms with Crippen molar-refractivity contribution in [3.8, 4) is 45.3 Å². The topological polar surface area (TPSA) is 85.6 Å². The van der Waals surface area contributed by atoms with E-state index in [2.05, 4.69) is 170 Å². The van der Waals surface area contributed by atoms with Crippen LogP contribution in [0.25, 0.3) is 33.4 Å². The first-order valence-electron chi connectivity index (χ1n) is 20.1. The van der Waals surface area contributed by atoms with Crippen LogP contribution in [0.2, 0.25) is 0 Å². The maximum atomic E-state index is 7.26. The Morgan fingerprint density at radius 3 is 1.24 bits per heavy atom. The second-order valence-corrected chi connectivity index (χ2v) is 24.6.